The molecule has 1 saturated heterocycles. The summed E-state index contributed by atoms with van der Waals surface area (Å²) in [5, 5.41) is 9.72. The number of carbonyl (C=O) groups excluding carboxylic acids is 1. The third-order valence-electron chi connectivity index (χ3n) is 5.18. The molecule has 0 radical (unpaired) electrons. The van der Waals surface area contributed by atoms with E-state index in [9.17, 15) is 9.90 Å². The summed E-state index contributed by atoms with van der Waals surface area (Å²) in [7, 11) is 0. The van der Waals surface area contributed by atoms with Crippen LogP contribution >= 0.6 is 0 Å². The van der Waals surface area contributed by atoms with Gasteiger partial charge in [-0.1, -0.05) is 30.3 Å². The van der Waals surface area contributed by atoms with E-state index in [-0.39, 0.29) is 25.3 Å². The third kappa shape index (κ3) is 3.84. The van der Waals surface area contributed by atoms with Gasteiger partial charge in [0.1, 0.15) is 24.6 Å². The van der Waals surface area contributed by atoms with Crippen molar-refractivity contribution in [2.24, 2.45) is 0 Å². The number of hydrogen-bond acceptors (Lipinski definition) is 5. The maximum atomic E-state index is 12.7. The first-order valence-corrected chi connectivity index (χ1v) is 9.64. The number of ether oxygens (including phenoxy) is 1. The molecule has 1 atom stereocenters. The molecule has 3 aromatic rings. The van der Waals surface area contributed by atoms with E-state index in [1.807, 2.05) is 51.9 Å². The van der Waals surface area contributed by atoms with E-state index in [2.05, 4.69) is 9.97 Å². The van der Waals surface area contributed by atoms with Gasteiger partial charge < -0.3 is 19.3 Å². The van der Waals surface area contributed by atoms with Crippen molar-refractivity contribution in [2.75, 3.05) is 6.54 Å². The zero-order chi connectivity index (χ0) is 19.3. The second-order valence-electron chi connectivity index (χ2n) is 7.03. The molecule has 7 nitrogen and oxygen atoms in total. The summed E-state index contributed by atoms with van der Waals surface area (Å²) in [6, 6.07) is 13.4. The molecule has 146 valence electrons. The van der Waals surface area contributed by atoms with Crippen molar-refractivity contribution in [3.05, 3.63) is 60.0 Å². The van der Waals surface area contributed by atoms with Gasteiger partial charge in [-0.05, 0) is 37.0 Å². The Labute approximate surface area is 163 Å². The topological polar surface area (TPSA) is 80.5 Å². The maximum Gasteiger partial charge on any atom is 0.410 e. The molecule has 3 heterocycles. The molecule has 1 aliphatic heterocycles. The highest BCUT2D eigenvalue weighted by atomic mass is 16.6. The summed E-state index contributed by atoms with van der Waals surface area (Å²) in [5.74, 6) is 0.567. The highest BCUT2D eigenvalue weighted by molar-refractivity contribution is 5.71. The minimum Gasteiger partial charge on any atom is -0.445 e. The fourth-order valence-corrected chi connectivity index (χ4v) is 3.76. The molecule has 1 aromatic carbocycles. The number of amides is 1. The van der Waals surface area contributed by atoms with Crippen molar-refractivity contribution < 1.29 is 14.6 Å². The average molecular weight is 380 g/mol. The number of rotatable bonds is 5. The molecule has 1 N–H and O–H groups in total. The number of carbonyl (C=O) groups is 1. The van der Waals surface area contributed by atoms with Gasteiger partial charge in [-0.2, -0.15) is 0 Å². The predicted octanol–water partition coefficient (Wildman–Crippen LogP) is 3.11. The van der Waals surface area contributed by atoms with Gasteiger partial charge in [-0.15, -0.1) is 0 Å². The molecule has 1 fully saturated rings. The number of nitrogens with zero attached hydrogens (tertiary/aromatic N) is 4. The van der Waals surface area contributed by atoms with E-state index in [0.29, 0.717) is 18.9 Å². The smallest absolute Gasteiger partial charge is 0.410 e. The van der Waals surface area contributed by atoms with E-state index in [4.69, 9.17) is 4.74 Å². The Morgan fingerprint density at radius 3 is 2.86 bits per heavy atom. The van der Waals surface area contributed by atoms with Gasteiger partial charge in [-0.25, -0.2) is 14.8 Å². The summed E-state index contributed by atoms with van der Waals surface area (Å²) in [4.78, 5) is 23.4. The van der Waals surface area contributed by atoms with Crippen molar-refractivity contribution >= 4 is 17.3 Å². The first-order valence-electron chi connectivity index (χ1n) is 9.64. The van der Waals surface area contributed by atoms with Gasteiger partial charge in [-0.3, -0.25) is 0 Å². The first-order chi connectivity index (χ1) is 13.8. The van der Waals surface area contributed by atoms with Crippen LogP contribution in [0.25, 0.3) is 11.2 Å². The molecule has 7 heteroatoms. The minimum absolute atomic E-state index is 0.0123. The lowest BCUT2D eigenvalue weighted by Crippen LogP contribution is -2.46. The molecule has 1 amide bonds. The molecule has 0 bridgehead atoms. The van der Waals surface area contributed by atoms with Gasteiger partial charge in [0.2, 0.25) is 0 Å². The quantitative estimate of drug-likeness (QED) is 0.736. The lowest BCUT2D eigenvalue weighted by atomic mass is 10.0. The van der Waals surface area contributed by atoms with Crippen LogP contribution < -0.4 is 0 Å². The van der Waals surface area contributed by atoms with E-state index in [0.717, 1.165) is 36.0 Å². The largest absolute Gasteiger partial charge is 0.445 e. The SMILES string of the molecule is O=C(OCc1ccccc1)N1CCCCC1Cn1c(CO)nc2cccnc21. The van der Waals surface area contributed by atoms with Crippen LogP contribution in [0.4, 0.5) is 4.79 Å². The molecule has 0 spiro atoms. The van der Waals surface area contributed by atoms with Crippen LogP contribution in [0.5, 0.6) is 0 Å². The number of imidazole rings is 1. The van der Waals surface area contributed by atoms with Gasteiger partial charge in [0.25, 0.3) is 0 Å². The Balaban J connectivity index is 1.50. The van der Waals surface area contributed by atoms with Crippen molar-refractivity contribution in [1.82, 2.24) is 19.4 Å². The Kier molecular flexibility index (Phi) is 5.53. The Bertz CT molecular complexity index is 941. The first kappa shape index (κ1) is 18.4. The van der Waals surface area contributed by atoms with Crippen LogP contribution in [-0.4, -0.2) is 43.2 Å². The summed E-state index contributed by atoms with van der Waals surface area (Å²) < 4.78 is 7.48. The number of piperidine rings is 1. The number of pyridine rings is 1. The lowest BCUT2D eigenvalue weighted by Gasteiger charge is -2.35. The number of likely N-dealkylation sites (tertiary alicyclic amines) is 1. The molecule has 1 aliphatic rings. The standard InChI is InChI=1S/C21H24N4O3/c26-14-19-23-18-10-6-11-22-20(18)25(19)13-17-9-4-5-12-24(17)21(27)28-15-16-7-2-1-3-8-16/h1-3,6-8,10-11,17,26H,4-5,9,12-15H2. The normalized spacial score (nSPS) is 17.0. The van der Waals surface area contributed by atoms with Crippen LogP contribution in [0.15, 0.2) is 48.7 Å². The zero-order valence-electron chi connectivity index (χ0n) is 15.7. The molecule has 0 saturated carbocycles. The molecular weight excluding hydrogens is 356 g/mol. The Morgan fingerprint density at radius 1 is 1.18 bits per heavy atom. The second kappa shape index (κ2) is 8.39. The fourth-order valence-electron chi connectivity index (χ4n) is 3.76. The minimum atomic E-state index is -0.295. The second-order valence-corrected chi connectivity index (χ2v) is 7.03. The number of aliphatic hydroxyl groups excluding tert-OH is 1. The molecular formula is C21H24N4O3. The van der Waals surface area contributed by atoms with Crippen molar-refractivity contribution in [3.8, 4) is 0 Å². The summed E-state index contributed by atoms with van der Waals surface area (Å²) in [6.45, 7) is 1.32. The third-order valence-corrected chi connectivity index (χ3v) is 5.18. The van der Waals surface area contributed by atoms with E-state index < -0.39 is 0 Å². The van der Waals surface area contributed by atoms with Crippen LogP contribution in [-0.2, 0) is 24.5 Å². The number of benzene rings is 1. The van der Waals surface area contributed by atoms with E-state index >= 15 is 0 Å². The van der Waals surface area contributed by atoms with Gasteiger partial charge in [0.15, 0.2) is 5.65 Å². The molecule has 1 unspecified atom stereocenters. The van der Waals surface area contributed by atoms with Crippen molar-refractivity contribution in [3.63, 3.8) is 0 Å². The van der Waals surface area contributed by atoms with Gasteiger partial charge in [0.05, 0.1) is 6.04 Å². The van der Waals surface area contributed by atoms with Crippen molar-refractivity contribution in [2.45, 2.75) is 45.1 Å². The highest BCUT2D eigenvalue weighted by Crippen LogP contribution is 2.23. The highest BCUT2D eigenvalue weighted by Gasteiger charge is 2.29. The van der Waals surface area contributed by atoms with Gasteiger partial charge in [0, 0.05) is 19.3 Å². The van der Waals surface area contributed by atoms with Crippen LogP contribution in [0.1, 0.15) is 30.7 Å². The van der Waals surface area contributed by atoms with Crippen LogP contribution in [0.3, 0.4) is 0 Å². The summed E-state index contributed by atoms with van der Waals surface area (Å²) in [5.41, 5.74) is 2.45. The summed E-state index contributed by atoms with van der Waals surface area (Å²) in [6.07, 6.45) is 4.33. The summed E-state index contributed by atoms with van der Waals surface area (Å²) >= 11 is 0. The number of aliphatic hydroxyl groups is 1. The Hall–Kier alpha value is -2.93. The van der Waals surface area contributed by atoms with Crippen LogP contribution in [0, 0.1) is 0 Å². The number of hydrogen-bond donors (Lipinski definition) is 1. The van der Waals surface area contributed by atoms with Crippen molar-refractivity contribution in [1.29, 1.82) is 0 Å². The molecule has 0 aliphatic carbocycles. The van der Waals surface area contributed by atoms with Crippen LogP contribution in [0.2, 0.25) is 0 Å². The number of aromatic nitrogens is 3. The Morgan fingerprint density at radius 2 is 2.04 bits per heavy atom. The average Bonchev–Trinajstić information content (AvgIpc) is 3.11. The van der Waals surface area contributed by atoms with E-state index in [1.165, 1.54) is 0 Å². The maximum absolute atomic E-state index is 12.7. The fraction of sp³-hybridized carbons (Fsp3) is 0.381. The predicted molar refractivity (Wildman–Crippen MR) is 104 cm³/mol. The monoisotopic (exact) mass is 380 g/mol. The molecule has 2 aromatic heterocycles. The lowest BCUT2D eigenvalue weighted by molar-refractivity contribution is 0.0636. The molecule has 28 heavy (non-hydrogen) atoms. The number of fused-ring (bicyclic) bond motifs is 1. The zero-order valence-corrected chi connectivity index (χ0v) is 15.7. The molecule has 4 rings (SSSR count). The van der Waals surface area contributed by atoms with E-state index in [1.54, 1.807) is 6.20 Å². The van der Waals surface area contributed by atoms with Gasteiger partial charge >= 0.3 is 6.09 Å².